The van der Waals surface area contributed by atoms with Gasteiger partial charge in [-0.15, -0.1) is 0 Å². The predicted octanol–water partition coefficient (Wildman–Crippen LogP) is 1.30. The lowest BCUT2D eigenvalue weighted by molar-refractivity contribution is -0.146. The van der Waals surface area contributed by atoms with Gasteiger partial charge in [-0.05, 0) is 27.7 Å². The Kier molecular flexibility index (Phi) is 3.20. The van der Waals surface area contributed by atoms with Gasteiger partial charge in [0.05, 0.1) is 12.7 Å². The topological polar surface area (TPSA) is 38.7 Å². The SMILES string of the molecule is CC(O)CC#CC1(C)COC(C)(C)O1. The van der Waals surface area contributed by atoms with E-state index in [0.717, 1.165) is 0 Å². The molecule has 2 atom stereocenters. The van der Waals surface area contributed by atoms with Crippen LogP contribution in [0, 0.1) is 11.8 Å². The first-order chi connectivity index (χ1) is 6.33. The third-order valence-electron chi connectivity index (χ3n) is 1.92. The van der Waals surface area contributed by atoms with E-state index in [1.807, 2.05) is 20.8 Å². The summed E-state index contributed by atoms with van der Waals surface area (Å²) in [5, 5.41) is 9.04. The van der Waals surface area contributed by atoms with E-state index in [1.54, 1.807) is 6.92 Å². The monoisotopic (exact) mass is 198 g/mol. The van der Waals surface area contributed by atoms with E-state index in [4.69, 9.17) is 14.6 Å². The van der Waals surface area contributed by atoms with Crippen LogP contribution in [0.4, 0.5) is 0 Å². The maximum Gasteiger partial charge on any atom is 0.165 e. The van der Waals surface area contributed by atoms with Gasteiger partial charge in [-0.1, -0.05) is 11.8 Å². The van der Waals surface area contributed by atoms with Crippen molar-refractivity contribution in [3.8, 4) is 11.8 Å². The van der Waals surface area contributed by atoms with E-state index in [-0.39, 0.29) is 6.10 Å². The van der Waals surface area contributed by atoms with Crippen LogP contribution in [0.2, 0.25) is 0 Å². The molecule has 3 nitrogen and oxygen atoms in total. The van der Waals surface area contributed by atoms with Crippen molar-refractivity contribution in [2.24, 2.45) is 0 Å². The second-order valence-electron chi connectivity index (χ2n) is 4.38. The fourth-order valence-corrected chi connectivity index (χ4v) is 1.36. The zero-order chi connectivity index (χ0) is 10.8. The van der Waals surface area contributed by atoms with Crippen LogP contribution in [0.25, 0.3) is 0 Å². The average Bonchev–Trinajstić information content (AvgIpc) is 2.25. The van der Waals surface area contributed by atoms with E-state index < -0.39 is 11.4 Å². The molecule has 0 spiro atoms. The molecule has 0 radical (unpaired) electrons. The van der Waals surface area contributed by atoms with Gasteiger partial charge in [-0.2, -0.15) is 0 Å². The maximum atomic E-state index is 9.04. The molecule has 0 bridgehead atoms. The Hall–Kier alpha value is -0.560. The number of hydrogen-bond acceptors (Lipinski definition) is 3. The highest BCUT2D eigenvalue weighted by molar-refractivity contribution is 5.15. The fourth-order valence-electron chi connectivity index (χ4n) is 1.36. The van der Waals surface area contributed by atoms with Crippen LogP contribution in [-0.4, -0.2) is 29.2 Å². The van der Waals surface area contributed by atoms with Crippen LogP contribution in [0.15, 0.2) is 0 Å². The summed E-state index contributed by atoms with van der Waals surface area (Å²) in [4.78, 5) is 0. The highest BCUT2D eigenvalue weighted by Crippen LogP contribution is 2.29. The smallest absolute Gasteiger partial charge is 0.165 e. The van der Waals surface area contributed by atoms with Gasteiger partial charge in [-0.3, -0.25) is 0 Å². The summed E-state index contributed by atoms with van der Waals surface area (Å²) < 4.78 is 11.1. The molecule has 1 aliphatic heterocycles. The quantitative estimate of drug-likeness (QED) is 0.645. The van der Waals surface area contributed by atoms with Gasteiger partial charge < -0.3 is 14.6 Å². The van der Waals surface area contributed by atoms with E-state index in [0.29, 0.717) is 13.0 Å². The molecule has 0 amide bonds. The second kappa shape index (κ2) is 3.90. The Bertz CT molecular complexity index is 259. The second-order valence-corrected chi connectivity index (χ2v) is 4.38. The molecule has 0 aliphatic carbocycles. The molecule has 1 saturated heterocycles. The highest BCUT2D eigenvalue weighted by atomic mass is 16.7. The van der Waals surface area contributed by atoms with Crippen molar-refractivity contribution in [1.29, 1.82) is 0 Å². The van der Waals surface area contributed by atoms with Crippen LogP contribution in [0.3, 0.4) is 0 Å². The van der Waals surface area contributed by atoms with Crippen molar-refractivity contribution >= 4 is 0 Å². The first-order valence-corrected chi connectivity index (χ1v) is 4.85. The van der Waals surface area contributed by atoms with Crippen molar-refractivity contribution in [3.05, 3.63) is 0 Å². The molecule has 0 saturated carbocycles. The Balaban J connectivity index is 2.55. The molecule has 1 heterocycles. The highest BCUT2D eigenvalue weighted by Gasteiger charge is 2.40. The van der Waals surface area contributed by atoms with E-state index in [2.05, 4.69) is 11.8 Å². The van der Waals surface area contributed by atoms with Crippen molar-refractivity contribution in [2.45, 2.75) is 51.6 Å². The molecule has 1 N–H and O–H groups in total. The van der Waals surface area contributed by atoms with Crippen molar-refractivity contribution < 1.29 is 14.6 Å². The van der Waals surface area contributed by atoms with Gasteiger partial charge in [-0.25, -0.2) is 0 Å². The number of ether oxygens (including phenoxy) is 2. The predicted molar refractivity (Wildman–Crippen MR) is 53.6 cm³/mol. The molecule has 80 valence electrons. The molecule has 2 unspecified atom stereocenters. The van der Waals surface area contributed by atoms with Crippen molar-refractivity contribution in [2.75, 3.05) is 6.61 Å². The summed E-state index contributed by atoms with van der Waals surface area (Å²) >= 11 is 0. The van der Waals surface area contributed by atoms with Crippen molar-refractivity contribution in [3.63, 3.8) is 0 Å². The van der Waals surface area contributed by atoms with Crippen LogP contribution >= 0.6 is 0 Å². The zero-order valence-electron chi connectivity index (χ0n) is 9.26. The largest absolute Gasteiger partial charge is 0.392 e. The molecular formula is C11H18O3. The Morgan fingerprint density at radius 2 is 2.07 bits per heavy atom. The molecule has 0 aromatic carbocycles. The van der Waals surface area contributed by atoms with Crippen LogP contribution in [0.1, 0.15) is 34.1 Å². The number of aliphatic hydroxyl groups excluding tert-OH is 1. The summed E-state index contributed by atoms with van der Waals surface area (Å²) in [6.45, 7) is 7.83. The molecule has 3 heteroatoms. The minimum absolute atomic E-state index is 0.388. The molecule has 0 aromatic rings. The minimum Gasteiger partial charge on any atom is -0.392 e. The van der Waals surface area contributed by atoms with Crippen LogP contribution < -0.4 is 0 Å². The third-order valence-corrected chi connectivity index (χ3v) is 1.92. The summed E-state index contributed by atoms with van der Waals surface area (Å²) in [7, 11) is 0. The van der Waals surface area contributed by atoms with Gasteiger partial charge >= 0.3 is 0 Å². The molecule has 14 heavy (non-hydrogen) atoms. The van der Waals surface area contributed by atoms with Gasteiger partial charge in [0.25, 0.3) is 0 Å². The lowest BCUT2D eigenvalue weighted by Crippen LogP contribution is -2.29. The number of aliphatic hydroxyl groups is 1. The van der Waals surface area contributed by atoms with Crippen molar-refractivity contribution in [1.82, 2.24) is 0 Å². The normalized spacial score (nSPS) is 32.1. The Morgan fingerprint density at radius 3 is 2.50 bits per heavy atom. The minimum atomic E-state index is -0.547. The maximum absolute atomic E-state index is 9.04. The van der Waals surface area contributed by atoms with Gasteiger partial charge in [0.2, 0.25) is 0 Å². The number of hydrogen-bond donors (Lipinski definition) is 1. The fraction of sp³-hybridized carbons (Fsp3) is 0.818. The lowest BCUT2D eigenvalue weighted by atomic mass is 10.1. The summed E-state index contributed by atoms with van der Waals surface area (Å²) in [6, 6.07) is 0. The average molecular weight is 198 g/mol. The lowest BCUT2D eigenvalue weighted by Gasteiger charge is -2.19. The molecule has 1 fully saturated rings. The Labute approximate surface area is 85.4 Å². The summed E-state index contributed by atoms with van der Waals surface area (Å²) in [6.07, 6.45) is 0.0840. The molecule has 1 rings (SSSR count). The van der Waals surface area contributed by atoms with Gasteiger partial charge in [0, 0.05) is 6.42 Å². The molecule has 0 aromatic heterocycles. The molecule has 1 aliphatic rings. The van der Waals surface area contributed by atoms with Crippen LogP contribution in [0.5, 0.6) is 0 Å². The number of rotatable bonds is 1. The van der Waals surface area contributed by atoms with Gasteiger partial charge in [0.15, 0.2) is 11.4 Å². The standard InChI is InChI=1S/C11H18O3/c1-9(12)6-5-7-11(4)8-13-10(2,3)14-11/h9,12H,6,8H2,1-4H3. The van der Waals surface area contributed by atoms with E-state index in [1.165, 1.54) is 0 Å². The molecular weight excluding hydrogens is 180 g/mol. The van der Waals surface area contributed by atoms with Crippen LogP contribution in [-0.2, 0) is 9.47 Å². The van der Waals surface area contributed by atoms with Gasteiger partial charge in [0.1, 0.15) is 0 Å². The van der Waals surface area contributed by atoms with E-state index >= 15 is 0 Å². The Morgan fingerprint density at radius 1 is 1.43 bits per heavy atom. The first-order valence-electron chi connectivity index (χ1n) is 4.85. The van der Waals surface area contributed by atoms with E-state index in [9.17, 15) is 0 Å². The summed E-state index contributed by atoms with van der Waals surface area (Å²) in [5.41, 5.74) is -0.529. The first kappa shape index (κ1) is 11.5. The zero-order valence-corrected chi connectivity index (χ0v) is 9.26. The third kappa shape index (κ3) is 3.30. The summed E-state index contributed by atoms with van der Waals surface area (Å²) in [5.74, 6) is 5.34.